The van der Waals surface area contributed by atoms with Crippen LogP contribution in [0.5, 0.6) is 0 Å². The third-order valence-corrected chi connectivity index (χ3v) is 4.99. The smallest absolute Gasteiger partial charge is 0.0519 e. The molecule has 3 heteroatoms. The fourth-order valence-electron chi connectivity index (χ4n) is 3.89. The number of nitrogens with one attached hydrogen (secondary N) is 1. The Morgan fingerprint density at radius 3 is 2.65 bits per heavy atom. The van der Waals surface area contributed by atoms with E-state index in [1.165, 1.54) is 31.2 Å². The molecule has 2 rings (SSSR count). The molecule has 0 aliphatic heterocycles. The van der Waals surface area contributed by atoms with E-state index in [4.69, 9.17) is 0 Å². The largest absolute Gasteiger partial charge is 0.311 e. The van der Waals surface area contributed by atoms with E-state index in [1.807, 2.05) is 13.1 Å². The van der Waals surface area contributed by atoms with Crippen LogP contribution in [-0.4, -0.2) is 36.6 Å². The van der Waals surface area contributed by atoms with Crippen molar-refractivity contribution < 1.29 is 0 Å². The van der Waals surface area contributed by atoms with E-state index in [0.29, 0.717) is 6.04 Å². The van der Waals surface area contributed by atoms with E-state index < -0.39 is 0 Å². The molecule has 0 bridgehead atoms. The highest BCUT2D eigenvalue weighted by Gasteiger charge is 2.43. The van der Waals surface area contributed by atoms with Gasteiger partial charge in [0.15, 0.2) is 0 Å². The molecule has 1 aliphatic carbocycles. The van der Waals surface area contributed by atoms with Crippen LogP contribution in [0.1, 0.15) is 49.9 Å². The van der Waals surface area contributed by atoms with E-state index >= 15 is 0 Å². The minimum atomic E-state index is 0.198. The minimum absolute atomic E-state index is 0.198. The summed E-state index contributed by atoms with van der Waals surface area (Å²) in [6.45, 7) is 4.43. The van der Waals surface area contributed by atoms with Gasteiger partial charge in [0, 0.05) is 17.4 Å². The molecule has 20 heavy (non-hydrogen) atoms. The van der Waals surface area contributed by atoms with E-state index in [2.05, 4.69) is 55.4 Å². The van der Waals surface area contributed by atoms with Crippen LogP contribution in [0.15, 0.2) is 18.3 Å². The maximum absolute atomic E-state index is 4.49. The van der Waals surface area contributed by atoms with Gasteiger partial charge in [-0.25, -0.2) is 0 Å². The standard InChI is InChI=1S/C17H29N3/c1-13-7-6-10-17(11-13,20(4)5)16(18-3)15-9-8-14(2)19-12-15/h8-9,12-13,16,18H,6-7,10-11H2,1-5H3. The first-order valence-corrected chi connectivity index (χ1v) is 7.77. The van der Waals surface area contributed by atoms with Gasteiger partial charge < -0.3 is 10.2 Å². The topological polar surface area (TPSA) is 28.2 Å². The SMILES string of the molecule is CNC(c1ccc(C)nc1)C1(N(C)C)CCCC(C)C1. The van der Waals surface area contributed by atoms with Gasteiger partial charge in [-0.3, -0.25) is 4.98 Å². The maximum Gasteiger partial charge on any atom is 0.0519 e. The van der Waals surface area contributed by atoms with Crippen LogP contribution < -0.4 is 5.32 Å². The number of aromatic nitrogens is 1. The summed E-state index contributed by atoms with van der Waals surface area (Å²) in [4.78, 5) is 6.93. The molecule has 3 atom stereocenters. The van der Waals surface area contributed by atoms with Crippen LogP contribution in [0.4, 0.5) is 0 Å². The molecule has 0 radical (unpaired) electrons. The lowest BCUT2D eigenvalue weighted by molar-refractivity contribution is 0.0392. The van der Waals surface area contributed by atoms with Crippen molar-refractivity contribution in [2.45, 2.75) is 51.1 Å². The van der Waals surface area contributed by atoms with Gasteiger partial charge in [0.25, 0.3) is 0 Å². The molecule has 1 aromatic heterocycles. The summed E-state index contributed by atoms with van der Waals surface area (Å²) in [5.74, 6) is 0.792. The molecule has 0 spiro atoms. The molecule has 112 valence electrons. The highest BCUT2D eigenvalue weighted by atomic mass is 15.2. The lowest BCUT2D eigenvalue weighted by Gasteiger charge is -2.50. The summed E-state index contributed by atoms with van der Waals surface area (Å²) < 4.78 is 0. The van der Waals surface area contributed by atoms with Gasteiger partial charge >= 0.3 is 0 Å². The van der Waals surface area contributed by atoms with E-state index in [0.717, 1.165) is 11.6 Å². The Labute approximate surface area is 123 Å². The van der Waals surface area contributed by atoms with Crippen molar-refractivity contribution in [1.29, 1.82) is 0 Å². The third kappa shape index (κ3) is 2.89. The molecule has 3 unspecified atom stereocenters. The summed E-state index contributed by atoms with van der Waals surface area (Å²) in [6.07, 6.45) is 7.22. The first-order valence-electron chi connectivity index (χ1n) is 7.77. The fourth-order valence-corrected chi connectivity index (χ4v) is 3.89. The van der Waals surface area contributed by atoms with Crippen LogP contribution in [0, 0.1) is 12.8 Å². The van der Waals surface area contributed by atoms with Gasteiger partial charge in [-0.15, -0.1) is 0 Å². The van der Waals surface area contributed by atoms with Crippen LogP contribution in [0.3, 0.4) is 0 Å². The van der Waals surface area contributed by atoms with Crippen molar-refractivity contribution in [3.8, 4) is 0 Å². The van der Waals surface area contributed by atoms with Crippen molar-refractivity contribution >= 4 is 0 Å². The molecule has 3 nitrogen and oxygen atoms in total. The van der Waals surface area contributed by atoms with Crippen molar-refractivity contribution in [3.63, 3.8) is 0 Å². The number of hydrogen-bond acceptors (Lipinski definition) is 3. The first kappa shape index (κ1) is 15.5. The normalized spacial score (nSPS) is 28.6. The van der Waals surface area contributed by atoms with Gasteiger partial charge in [0.2, 0.25) is 0 Å². The summed E-state index contributed by atoms with van der Waals surface area (Å²) in [5, 5.41) is 3.57. The summed E-state index contributed by atoms with van der Waals surface area (Å²) in [7, 11) is 6.53. The highest BCUT2D eigenvalue weighted by Crippen LogP contribution is 2.43. The maximum atomic E-state index is 4.49. The summed E-state index contributed by atoms with van der Waals surface area (Å²) in [6, 6.07) is 4.69. The van der Waals surface area contributed by atoms with Gasteiger partial charge in [0.05, 0.1) is 6.04 Å². The zero-order valence-electron chi connectivity index (χ0n) is 13.6. The Kier molecular flexibility index (Phi) is 4.82. The van der Waals surface area contributed by atoms with Gasteiger partial charge in [-0.05, 0) is 58.5 Å². The molecular weight excluding hydrogens is 246 g/mol. The van der Waals surface area contributed by atoms with Gasteiger partial charge in [-0.2, -0.15) is 0 Å². The molecule has 1 N–H and O–H groups in total. The molecular formula is C17H29N3. The molecule has 1 saturated carbocycles. The Hall–Kier alpha value is -0.930. The first-order chi connectivity index (χ1) is 9.49. The van der Waals surface area contributed by atoms with Crippen molar-refractivity contribution in [1.82, 2.24) is 15.2 Å². The van der Waals surface area contributed by atoms with E-state index in [1.54, 1.807) is 0 Å². The Morgan fingerprint density at radius 2 is 2.15 bits per heavy atom. The lowest BCUT2D eigenvalue weighted by atomic mass is 9.70. The molecule has 1 fully saturated rings. The van der Waals surface area contributed by atoms with Crippen molar-refractivity contribution in [3.05, 3.63) is 29.6 Å². The molecule has 0 aromatic carbocycles. The second kappa shape index (κ2) is 6.23. The van der Waals surface area contributed by atoms with Crippen LogP contribution in [-0.2, 0) is 0 Å². The lowest BCUT2D eigenvalue weighted by Crippen LogP contribution is -2.55. The molecule has 1 aliphatic rings. The van der Waals surface area contributed by atoms with E-state index in [-0.39, 0.29) is 5.54 Å². The summed E-state index contributed by atoms with van der Waals surface area (Å²) in [5.41, 5.74) is 2.59. The van der Waals surface area contributed by atoms with Crippen LogP contribution in [0.2, 0.25) is 0 Å². The fraction of sp³-hybridized carbons (Fsp3) is 0.706. The Morgan fingerprint density at radius 1 is 1.40 bits per heavy atom. The number of hydrogen-bond donors (Lipinski definition) is 1. The van der Waals surface area contributed by atoms with Crippen molar-refractivity contribution in [2.75, 3.05) is 21.1 Å². The predicted molar refractivity (Wildman–Crippen MR) is 84.8 cm³/mol. The number of rotatable bonds is 4. The molecule has 0 saturated heterocycles. The second-order valence-corrected chi connectivity index (χ2v) is 6.65. The minimum Gasteiger partial charge on any atom is -0.311 e. The van der Waals surface area contributed by atoms with Crippen molar-refractivity contribution in [2.24, 2.45) is 5.92 Å². The Bertz CT molecular complexity index is 426. The van der Waals surface area contributed by atoms with Crippen LogP contribution in [0.25, 0.3) is 0 Å². The van der Waals surface area contributed by atoms with E-state index in [9.17, 15) is 0 Å². The Balaban J connectivity index is 2.37. The number of nitrogens with zero attached hydrogens (tertiary/aromatic N) is 2. The zero-order chi connectivity index (χ0) is 14.8. The highest BCUT2D eigenvalue weighted by molar-refractivity contribution is 5.22. The quantitative estimate of drug-likeness (QED) is 0.915. The number of likely N-dealkylation sites (N-methyl/N-ethyl adjacent to an activating group) is 2. The predicted octanol–water partition coefficient (Wildman–Crippen LogP) is 3.16. The monoisotopic (exact) mass is 275 g/mol. The number of pyridine rings is 1. The number of aryl methyl sites for hydroxylation is 1. The van der Waals surface area contributed by atoms with Gasteiger partial charge in [-0.1, -0.05) is 25.8 Å². The molecule has 1 heterocycles. The average molecular weight is 275 g/mol. The molecule has 1 aromatic rings. The van der Waals surface area contributed by atoms with Crippen LogP contribution >= 0.6 is 0 Å². The average Bonchev–Trinajstić information content (AvgIpc) is 2.41. The zero-order valence-corrected chi connectivity index (χ0v) is 13.6. The van der Waals surface area contributed by atoms with Gasteiger partial charge in [0.1, 0.15) is 0 Å². The molecule has 0 amide bonds. The summed E-state index contributed by atoms with van der Waals surface area (Å²) >= 11 is 0. The second-order valence-electron chi connectivity index (χ2n) is 6.65. The third-order valence-electron chi connectivity index (χ3n) is 4.99.